The lowest BCUT2D eigenvalue weighted by Crippen LogP contribution is -2.35. The van der Waals surface area contributed by atoms with Gasteiger partial charge in [-0.2, -0.15) is 13.2 Å². The van der Waals surface area contributed by atoms with Crippen LogP contribution in [0.15, 0.2) is 53.4 Å². The van der Waals surface area contributed by atoms with Crippen LogP contribution in [-0.4, -0.2) is 20.9 Å². The van der Waals surface area contributed by atoms with Gasteiger partial charge >= 0.3 is 6.18 Å². The first-order valence-electron chi connectivity index (χ1n) is 8.28. The highest BCUT2D eigenvalue weighted by Crippen LogP contribution is 2.35. The molecule has 1 saturated heterocycles. The highest BCUT2D eigenvalue weighted by Gasteiger charge is 2.37. The minimum atomic E-state index is -4.80. The van der Waals surface area contributed by atoms with Crippen molar-refractivity contribution >= 4 is 27.3 Å². The molecule has 5 nitrogen and oxygen atoms in total. The number of hydrogen-bond acceptors (Lipinski definition) is 3. The van der Waals surface area contributed by atoms with E-state index in [-0.39, 0.29) is 11.6 Å². The molecule has 1 amide bonds. The first-order chi connectivity index (χ1) is 12.7. The summed E-state index contributed by atoms with van der Waals surface area (Å²) >= 11 is 0. The van der Waals surface area contributed by atoms with Crippen LogP contribution in [0.5, 0.6) is 0 Å². The smallest absolute Gasteiger partial charge is 0.312 e. The average molecular weight is 398 g/mol. The zero-order valence-electron chi connectivity index (χ0n) is 14.2. The Labute approximate surface area is 154 Å². The summed E-state index contributed by atoms with van der Waals surface area (Å²) in [4.78, 5) is 12.7. The fraction of sp³-hybridized carbons (Fsp3) is 0.278. The predicted molar refractivity (Wildman–Crippen MR) is 94.9 cm³/mol. The van der Waals surface area contributed by atoms with E-state index in [0.29, 0.717) is 18.7 Å². The van der Waals surface area contributed by atoms with Crippen molar-refractivity contribution in [1.29, 1.82) is 0 Å². The van der Waals surface area contributed by atoms with E-state index in [9.17, 15) is 26.4 Å². The van der Waals surface area contributed by atoms with Gasteiger partial charge in [-0.25, -0.2) is 8.42 Å². The molecule has 1 fully saturated rings. The molecule has 2 aromatic rings. The Morgan fingerprint density at radius 2 is 1.74 bits per heavy atom. The number of hydrogen-bond donors (Lipinski definition) is 1. The van der Waals surface area contributed by atoms with E-state index in [1.807, 2.05) is 0 Å². The standard InChI is InChI=1S/C18H17F3N2O3S/c19-18(20,21)15-8-1-2-9-16(15)27(25,26)22-13-6-5-7-14(12-13)23-11-4-3-10-17(23)24/h1-2,5-9,12,22H,3-4,10-11H2. The van der Waals surface area contributed by atoms with Gasteiger partial charge in [0.25, 0.3) is 10.0 Å². The zero-order chi connectivity index (χ0) is 19.7. The number of piperidine rings is 1. The lowest BCUT2D eigenvalue weighted by atomic mass is 10.1. The van der Waals surface area contributed by atoms with E-state index in [4.69, 9.17) is 0 Å². The Hall–Kier alpha value is -2.55. The third-order valence-electron chi connectivity index (χ3n) is 4.22. The summed E-state index contributed by atoms with van der Waals surface area (Å²) in [6.45, 7) is 0.520. The highest BCUT2D eigenvalue weighted by atomic mass is 32.2. The summed E-state index contributed by atoms with van der Waals surface area (Å²) in [6, 6.07) is 10.1. The van der Waals surface area contributed by atoms with Gasteiger partial charge < -0.3 is 4.90 Å². The van der Waals surface area contributed by atoms with Gasteiger partial charge in [0.05, 0.1) is 16.1 Å². The van der Waals surface area contributed by atoms with Gasteiger partial charge in [0.1, 0.15) is 0 Å². The highest BCUT2D eigenvalue weighted by molar-refractivity contribution is 7.92. The van der Waals surface area contributed by atoms with Crippen LogP contribution in [0.4, 0.5) is 24.5 Å². The van der Waals surface area contributed by atoms with E-state index in [1.54, 1.807) is 17.0 Å². The van der Waals surface area contributed by atoms with Crippen molar-refractivity contribution < 1.29 is 26.4 Å². The van der Waals surface area contributed by atoms with Crippen molar-refractivity contribution in [2.24, 2.45) is 0 Å². The zero-order valence-corrected chi connectivity index (χ0v) is 15.0. The lowest BCUT2D eigenvalue weighted by Gasteiger charge is -2.27. The third-order valence-corrected chi connectivity index (χ3v) is 5.65. The molecule has 1 aliphatic heterocycles. The maximum absolute atomic E-state index is 13.1. The van der Waals surface area contributed by atoms with Crippen LogP contribution in [0.25, 0.3) is 0 Å². The van der Waals surface area contributed by atoms with Crippen LogP contribution >= 0.6 is 0 Å². The third kappa shape index (κ3) is 4.24. The second-order valence-corrected chi connectivity index (χ2v) is 7.80. The summed E-state index contributed by atoms with van der Waals surface area (Å²) in [5.74, 6) is -0.0660. The molecule has 0 saturated carbocycles. The molecule has 3 rings (SSSR count). The number of carbonyl (C=O) groups excluding carboxylic acids is 1. The van der Waals surface area contributed by atoms with Crippen LogP contribution in [0.1, 0.15) is 24.8 Å². The average Bonchev–Trinajstić information content (AvgIpc) is 2.61. The number of halogens is 3. The van der Waals surface area contributed by atoms with Crippen molar-refractivity contribution in [1.82, 2.24) is 0 Å². The van der Waals surface area contributed by atoms with Crippen LogP contribution in [0, 0.1) is 0 Å². The SMILES string of the molecule is O=C1CCCCN1c1cccc(NS(=O)(=O)c2ccccc2C(F)(F)F)c1. The second kappa shape index (κ2) is 7.22. The fourth-order valence-electron chi connectivity index (χ4n) is 2.96. The first-order valence-corrected chi connectivity index (χ1v) is 9.76. The monoisotopic (exact) mass is 398 g/mol. The van der Waals surface area contributed by atoms with E-state index in [0.717, 1.165) is 31.0 Å². The number of sulfonamides is 1. The first kappa shape index (κ1) is 19.2. The molecule has 0 bridgehead atoms. The van der Waals surface area contributed by atoms with Crippen molar-refractivity contribution in [2.75, 3.05) is 16.2 Å². The second-order valence-electron chi connectivity index (χ2n) is 6.15. The molecule has 1 aliphatic rings. The van der Waals surface area contributed by atoms with E-state index in [1.165, 1.54) is 18.2 Å². The van der Waals surface area contributed by atoms with Crippen molar-refractivity contribution in [2.45, 2.75) is 30.3 Å². The normalized spacial score (nSPS) is 15.7. The van der Waals surface area contributed by atoms with Crippen LogP contribution < -0.4 is 9.62 Å². The van der Waals surface area contributed by atoms with Crippen LogP contribution in [0.2, 0.25) is 0 Å². The molecule has 9 heteroatoms. The molecule has 0 atom stereocenters. The number of anilines is 2. The molecule has 27 heavy (non-hydrogen) atoms. The maximum Gasteiger partial charge on any atom is 0.417 e. The molecule has 2 aromatic carbocycles. The molecule has 1 heterocycles. The van der Waals surface area contributed by atoms with Crippen LogP contribution in [-0.2, 0) is 21.0 Å². The number of nitrogens with zero attached hydrogens (tertiary/aromatic N) is 1. The topological polar surface area (TPSA) is 66.5 Å². The molecule has 0 aliphatic carbocycles. The Morgan fingerprint density at radius 1 is 1.00 bits per heavy atom. The van der Waals surface area contributed by atoms with Gasteiger partial charge in [0, 0.05) is 18.7 Å². The Kier molecular flexibility index (Phi) is 5.14. The summed E-state index contributed by atoms with van der Waals surface area (Å²) < 4.78 is 66.6. The number of nitrogens with one attached hydrogen (secondary N) is 1. The largest absolute Gasteiger partial charge is 0.417 e. The van der Waals surface area contributed by atoms with Crippen molar-refractivity contribution in [3.8, 4) is 0 Å². The number of alkyl halides is 3. The van der Waals surface area contributed by atoms with Crippen molar-refractivity contribution in [3.63, 3.8) is 0 Å². The van der Waals surface area contributed by atoms with Gasteiger partial charge in [-0.3, -0.25) is 9.52 Å². The molecular weight excluding hydrogens is 381 g/mol. The maximum atomic E-state index is 13.1. The fourth-order valence-corrected chi connectivity index (χ4v) is 4.24. The molecule has 1 N–H and O–H groups in total. The summed E-state index contributed by atoms with van der Waals surface area (Å²) in [5.41, 5.74) is -0.647. The quantitative estimate of drug-likeness (QED) is 0.846. The number of carbonyl (C=O) groups is 1. The lowest BCUT2D eigenvalue weighted by molar-refractivity contribution is -0.139. The van der Waals surface area contributed by atoms with Gasteiger partial charge in [0.2, 0.25) is 5.91 Å². The molecule has 144 valence electrons. The van der Waals surface area contributed by atoms with Crippen molar-refractivity contribution in [3.05, 3.63) is 54.1 Å². The molecule has 0 radical (unpaired) electrons. The Bertz CT molecular complexity index is 958. The van der Waals surface area contributed by atoms with E-state index < -0.39 is 26.7 Å². The molecule has 0 aromatic heterocycles. The minimum absolute atomic E-state index is 0.0660. The van der Waals surface area contributed by atoms with Crippen LogP contribution in [0.3, 0.4) is 0 Å². The summed E-state index contributed by atoms with van der Waals surface area (Å²) in [6.07, 6.45) is -2.75. The predicted octanol–water partition coefficient (Wildman–Crippen LogP) is 4.02. The molecule has 0 unspecified atom stereocenters. The molecule has 0 spiro atoms. The number of rotatable bonds is 4. The van der Waals surface area contributed by atoms with E-state index in [2.05, 4.69) is 4.72 Å². The molecular formula is C18H17F3N2O3S. The Balaban J connectivity index is 1.92. The van der Waals surface area contributed by atoms with E-state index >= 15 is 0 Å². The summed E-state index contributed by atoms with van der Waals surface area (Å²) in [5, 5.41) is 0. The number of benzene rings is 2. The number of amides is 1. The van der Waals surface area contributed by atoms with Gasteiger partial charge in [-0.15, -0.1) is 0 Å². The Morgan fingerprint density at radius 3 is 2.44 bits per heavy atom. The summed E-state index contributed by atoms with van der Waals surface area (Å²) in [7, 11) is -4.46. The van der Waals surface area contributed by atoms with Gasteiger partial charge in [-0.05, 0) is 43.2 Å². The van der Waals surface area contributed by atoms with Gasteiger partial charge in [0.15, 0.2) is 0 Å². The van der Waals surface area contributed by atoms with Gasteiger partial charge in [-0.1, -0.05) is 18.2 Å². The minimum Gasteiger partial charge on any atom is -0.312 e.